The van der Waals surface area contributed by atoms with Gasteiger partial charge in [-0.25, -0.2) is 0 Å². The molecule has 6 nitrogen and oxygen atoms in total. The minimum absolute atomic E-state index is 0.186. The van der Waals surface area contributed by atoms with E-state index >= 15 is 0 Å². The van der Waals surface area contributed by atoms with Gasteiger partial charge in [-0.3, -0.25) is 9.78 Å². The number of hydrogen-bond acceptors (Lipinski definition) is 6. The van der Waals surface area contributed by atoms with Crippen molar-refractivity contribution in [2.75, 3.05) is 26.4 Å². The molecule has 0 unspecified atom stereocenters. The van der Waals surface area contributed by atoms with Crippen molar-refractivity contribution in [1.82, 2.24) is 4.98 Å². The zero-order chi connectivity index (χ0) is 17.0. The van der Waals surface area contributed by atoms with Crippen molar-refractivity contribution in [2.45, 2.75) is 39.7 Å². The Hall–Kier alpha value is -1.28. The van der Waals surface area contributed by atoms with Crippen LogP contribution in [0.25, 0.3) is 0 Å². The van der Waals surface area contributed by atoms with E-state index in [1.165, 1.54) is 0 Å². The molecule has 1 aromatic rings. The molecule has 0 radical (unpaired) electrons. The lowest BCUT2D eigenvalue weighted by Crippen LogP contribution is -2.46. The molecule has 0 fully saturated rings. The van der Waals surface area contributed by atoms with Crippen LogP contribution in [0, 0.1) is 0 Å². The minimum atomic E-state index is -2.65. The molecule has 0 aliphatic heterocycles. The summed E-state index contributed by atoms with van der Waals surface area (Å²) in [6.07, 6.45) is 2.50. The van der Waals surface area contributed by atoms with E-state index in [9.17, 15) is 4.79 Å². The molecule has 0 N–H and O–H groups in total. The Bertz CT molecular complexity index is 426. The Morgan fingerprint density at radius 3 is 2.26 bits per heavy atom. The second-order valence-corrected chi connectivity index (χ2v) is 7.54. The summed E-state index contributed by atoms with van der Waals surface area (Å²) in [4.78, 5) is 15.9. The number of rotatable bonds is 12. The van der Waals surface area contributed by atoms with E-state index in [1.54, 1.807) is 12.3 Å². The molecule has 23 heavy (non-hydrogen) atoms. The van der Waals surface area contributed by atoms with Crippen molar-refractivity contribution < 1.29 is 22.8 Å². The zero-order valence-electron chi connectivity index (χ0n) is 14.2. The van der Waals surface area contributed by atoms with Crippen LogP contribution in [0.2, 0.25) is 6.04 Å². The van der Waals surface area contributed by atoms with E-state index in [0.717, 1.165) is 0 Å². The monoisotopic (exact) mass is 341 g/mol. The number of pyridine rings is 1. The van der Waals surface area contributed by atoms with Gasteiger partial charge in [-0.15, -0.1) is 0 Å². The van der Waals surface area contributed by atoms with Crippen molar-refractivity contribution >= 4 is 14.8 Å². The van der Waals surface area contributed by atoms with Crippen LogP contribution >= 0.6 is 0 Å². The lowest BCUT2D eigenvalue weighted by atomic mass is 10.3. The van der Waals surface area contributed by atoms with Gasteiger partial charge in [0.25, 0.3) is 0 Å². The average Bonchev–Trinajstić information content (AvgIpc) is 2.53. The Balaban J connectivity index is 2.36. The van der Waals surface area contributed by atoms with Crippen LogP contribution in [0.4, 0.5) is 0 Å². The summed E-state index contributed by atoms with van der Waals surface area (Å²) in [5.74, 6) is -0.278. The van der Waals surface area contributed by atoms with Crippen LogP contribution in [-0.2, 0) is 29.2 Å². The van der Waals surface area contributed by atoms with Crippen molar-refractivity contribution in [3.63, 3.8) is 0 Å². The van der Waals surface area contributed by atoms with Gasteiger partial charge in [0, 0.05) is 32.1 Å². The summed E-state index contributed by atoms with van der Waals surface area (Å²) in [6.45, 7) is 7.74. The third-order valence-electron chi connectivity index (χ3n) is 3.03. The molecule has 0 aliphatic rings. The van der Waals surface area contributed by atoms with Gasteiger partial charge < -0.3 is 18.0 Å². The molecule has 0 amide bonds. The number of nitrogens with zero attached hydrogens (tertiary/aromatic N) is 1. The number of esters is 1. The van der Waals surface area contributed by atoms with Crippen LogP contribution in [-0.4, -0.2) is 46.2 Å². The van der Waals surface area contributed by atoms with Gasteiger partial charge in [0.15, 0.2) is 0 Å². The highest BCUT2D eigenvalue weighted by atomic mass is 28.4. The van der Waals surface area contributed by atoms with Crippen LogP contribution < -0.4 is 0 Å². The van der Waals surface area contributed by atoms with Gasteiger partial charge >= 0.3 is 14.8 Å². The first-order valence-electron chi connectivity index (χ1n) is 8.13. The van der Waals surface area contributed by atoms with E-state index in [4.69, 9.17) is 18.0 Å². The lowest BCUT2D eigenvalue weighted by Gasteiger charge is -2.28. The summed E-state index contributed by atoms with van der Waals surface area (Å²) in [7, 11) is -2.65. The molecule has 7 heteroatoms. The summed E-state index contributed by atoms with van der Waals surface area (Å²) in [5.41, 5.74) is 0.708. The van der Waals surface area contributed by atoms with Gasteiger partial charge in [-0.2, -0.15) is 0 Å². The number of aromatic nitrogens is 1. The van der Waals surface area contributed by atoms with Crippen LogP contribution in [0.3, 0.4) is 0 Å². The summed E-state index contributed by atoms with van der Waals surface area (Å²) in [5, 5.41) is 0. The second-order valence-electron chi connectivity index (χ2n) is 4.80. The molecular weight excluding hydrogens is 314 g/mol. The van der Waals surface area contributed by atoms with Gasteiger partial charge in [0.1, 0.15) is 0 Å². The van der Waals surface area contributed by atoms with Crippen molar-refractivity contribution in [2.24, 2.45) is 0 Å². The second kappa shape index (κ2) is 11.3. The Labute approximate surface area is 139 Å². The highest BCUT2D eigenvalue weighted by Crippen LogP contribution is 2.18. The van der Waals surface area contributed by atoms with Crippen LogP contribution in [0.1, 0.15) is 32.9 Å². The average molecular weight is 341 g/mol. The Kier molecular flexibility index (Phi) is 9.70. The normalized spacial score (nSPS) is 11.4. The highest BCUT2D eigenvalue weighted by Gasteiger charge is 2.39. The molecule has 0 bridgehead atoms. The molecule has 0 spiro atoms. The van der Waals surface area contributed by atoms with Gasteiger partial charge in [-0.05, 0) is 39.3 Å². The van der Waals surface area contributed by atoms with Crippen molar-refractivity contribution in [1.29, 1.82) is 0 Å². The van der Waals surface area contributed by atoms with Gasteiger partial charge in [0.2, 0.25) is 0 Å². The molecule has 0 aliphatic carbocycles. The van der Waals surface area contributed by atoms with E-state index in [1.807, 2.05) is 32.9 Å². The third kappa shape index (κ3) is 7.69. The number of carbonyl (C=O) groups is 1. The lowest BCUT2D eigenvalue weighted by molar-refractivity contribution is -0.143. The number of hydrogen-bond donors (Lipinski definition) is 0. The smallest absolute Gasteiger partial charge is 0.465 e. The maximum Gasteiger partial charge on any atom is 0.501 e. The molecule has 0 atom stereocenters. The third-order valence-corrected chi connectivity index (χ3v) is 6.19. The van der Waals surface area contributed by atoms with E-state index < -0.39 is 8.80 Å². The Morgan fingerprint density at radius 2 is 1.74 bits per heavy atom. The topological polar surface area (TPSA) is 66.9 Å². The fourth-order valence-electron chi connectivity index (χ4n) is 2.18. The summed E-state index contributed by atoms with van der Waals surface area (Å²) >= 11 is 0. The van der Waals surface area contributed by atoms with E-state index in [2.05, 4.69) is 4.98 Å². The first-order chi connectivity index (χ1) is 11.2. The Morgan fingerprint density at radius 1 is 1.09 bits per heavy atom. The van der Waals surface area contributed by atoms with Crippen molar-refractivity contribution in [3.05, 3.63) is 30.1 Å². The summed E-state index contributed by atoms with van der Waals surface area (Å²) < 4.78 is 22.5. The number of ether oxygens (including phenoxy) is 1. The molecule has 1 aromatic heterocycles. The predicted octanol–water partition coefficient (Wildman–Crippen LogP) is 2.61. The zero-order valence-corrected chi connectivity index (χ0v) is 15.2. The number of carbonyl (C=O) groups excluding carboxylic acids is 1. The maximum absolute atomic E-state index is 11.8. The van der Waals surface area contributed by atoms with Crippen molar-refractivity contribution in [3.8, 4) is 0 Å². The molecule has 130 valence electrons. The molecule has 1 rings (SSSR count). The summed E-state index contributed by atoms with van der Waals surface area (Å²) in [6, 6.07) is 6.11. The molecule has 0 aromatic carbocycles. The van der Waals surface area contributed by atoms with Gasteiger partial charge in [0.05, 0.1) is 18.7 Å². The minimum Gasteiger partial charge on any atom is -0.465 e. The van der Waals surface area contributed by atoms with Crippen LogP contribution in [0.5, 0.6) is 0 Å². The molecule has 0 saturated carbocycles. The SMILES string of the molecule is CCO[Si](CCCOC(=O)Cc1ccccn1)(OCC)OCC. The van der Waals surface area contributed by atoms with Gasteiger partial charge in [-0.1, -0.05) is 6.07 Å². The fraction of sp³-hybridized carbons (Fsp3) is 0.625. The largest absolute Gasteiger partial charge is 0.501 e. The highest BCUT2D eigenvalue weighted by molar-refractivity contribution is 6.60. The van der Waals surface area contributed by atoms with Crippen LogP contribution in [0.15, 0.2) is 24.4 Å². The first kappa shape index (κ1) is 19.8. The first-order valence-corrected chi connectivity index (χ1v) is 10.1. The quantitative estimate of drug-likeness (QED) is 0.331. The molecule has 1 heterocycles. The maximum atomic E-state index is 11.8. The van der Waals surface area contributed by atoms with E-state index in [0.29, 0.717) is 44.6 Å². The predicted molar refractivity (Wildman–Crippen MR) is 89.0 cm³/mol. The fourth-order valence-corrected chi connectivity index (χ4v) is 4.76. The van der Waals surface area contributed by atoms with E-state index in [-0.39, 0.29) is 12.4 Å². The molecular formula is C16H27NO5Si. The molecule has 0 saturated heterocycles. The standard InChI is InChI=1S/C16H27NO5Si/c1-4-20-23(21-5-2,22-6-3)13-9-12-19-16(18)14-15-10-7-8-11-17-15/h7-8,10-11H,4-6,9,12-14H2,1-3H3.